The monoisotopic (exact) mass is 191 g/mol. The summed E-state index contributed by atoms with van der Waals surface area (Å²) in [6.07, 6.45) is 6.73. The van der Waals surface area contributed by atoms with E-state index in [1.807, 2.05) is 11.0 Å². The van der Waals surface area contributed by atoms with E-state index in [2.05, 4.69) is 9.98 Å². The first kappa shape index (κ1) is 8.68. The third-order valence-corrected chi connectivity index (χ3v) is 1.97. The molecule has 0 aliphatic carbocycles. The predicted molar refractivity (Wildman–Crippen MR) is 52.1 cm³/mol. The highest BCUT2D eigenvalue weighted by Crippen LogP contribution is 2.15. The molecule has 0 spiro atoms. The summed E-state index contributed by atoms with van der Waals surface area (Å²) < 4.78 is 0. The van der Waals surface area contributed by atoms with Crippen molar-refractivity contribution in [1.29, 1.82) is 0 Å². The van der Waals surface area contributed by atoms with Gasteiger partial charge in [0.05, 0.1) is 12.6 Å². The Balaban J connectivity index is 2.22. The van der Waals surface area contributed by atoms with Gasteiger partial charge in [0.2, 0.25) is 0 Å². The predicted octanol–water partition coefficient (Wildman–Crippen LogP) is 0.615. The topological polar surface area (TPSA) is 65.3 Å². The quantitative estimate of drug-likeness (QED) is 0.695. The SMILES string of the molecule is O=C(O)CC1=CN=CC2=NC=CCN12. The van der Waals surface area contributed by atoms with Gasteiger partial charge in [0.1, 0.15) is 0 Å². The van der Waals surface area contributed by atoms with Crippen molar-refractivity contribution in [3.63, 3.8) is 0 Å². The minimum Gasteiger partial charge on any atom is -0.481 e. The second-order valence-electron chi connectivity index (χ2n) is 2.95. The average Bonchev–Trinajstić information content (AvgIpc) is 2.18. The molecule has 0 aromatic rings. The van der Waals surface area contributed by atoms with Crippen molar-refractivity contribution in [3.8, 4) is 0 Å². The van der Waals surface area contributed by atoms with Crippen LogP contribution in [0.3, 0.4) is 0 Å². The number of aliphatic carboxylic acids is 1. The molecule has 14 heavy (non-hydrogen) atoms. The normalized spacial score (nSPS) is 18.7. The fraction of sp³-hybridized carbons (Fsp3) is 0.222. The van der Waals surface area contributed by atoms with Crippen LogP contribution in [0.2, 0.25) is 0 Å². The number of hydrogen-bond donors (Lipinski definition) is 1. The molecule has 0 atom stereocenters. The number of aliphatic imine (C=N–C) groups is 2. The summed E-state index contributed by atoms with van der Waals surface area (Å²) in [4.78, 5) is 20.4. The number of carboxylic acids is 1. The molecule has 0 amide bonds. The molecule has 0 saturated heterocycles. The van der Waals surface area contributed by atoms with Gasteiger partial charge < -0.3 is 10.0 Å². The number of carbonyl (C=O) groups is 1. The largest absolute Gasteiger partial charge is 0.481 e. The van der Waals surface area contributed by atoms with Crippen molar-refractivity contribution in [2.24, 2.45) is 9.98 Å². The Morgan fingerprint density at radius 3 is 3.29 bits per heavy atom. The van der Waals surface area contributed by atoms with Gasteiger partial charge in [-0.25, -0.2) is 4.99 Å². The van der Waals surface area contributed by atoms with Gasteiger partial charge in [-0.3, -0.25) is 9.79 Å². The van der Waals surface area contributed by atoms with Gasteiger partial charge in [-0.2, -0.15) is 0 Å². The Kier molecular flexibility index (Phi) is 2.14. The Labute approximate surface area is 80.8 Å². The summed E-state index contributed by atoms with van der Waals surface area (Å²) >= 11 is 0. The Morgan fingerprint density at radius 2 is 2.50 bits per heavy atom. The van der Waals surface area contributed by atoms with E-state index in [0.29, 0.717) is 18.1 Å². The molecule has 0 saturated carbocycles. The van der Waals surface area contributed by atoms with E-state index in [-0.39, 0.29) is 6.42 Å². The molecule has 72 valence electrons. The highest BCUT2D eigenvalue weighted by molar-refractivity contribution is 6.30. The minimum absolute atomic E-state index is 0.0236. The van der Waals surface area contributed by atoms with Crippen molar-refractivity contribution in [2.75, 3.05) is 6.54 Å². The molecule has 1 N–H and O–H groups in total. The molecular formula is C9H9N3O2. The maximum absolute atomic E-state index is 10.6. The van der Waals surface area contributed by atoms with Crippen LogP contribution in [-0.4, -0.2) is 34.6 Å². The zero-order valence-electron chi connectivity index (χ0n) is 7.42. The van der Waals surface area contributed by atoms with Gasteiger partial charge >= 0.3 is 5.97 Å². The van der Waals surface area contributed by atoms with Crippen LogP contribution >= 0.6 is 0 Å². The van der Waals surface area contributed by atoms with E-state index in [1.54, 1.807) is 18.6 Å². The maximum Gasteiger partial charge on any atom is 0.309 e. The molecule has 5 heteroatoms. The van der Waals surface area contributed by atoms with Crippen molar-refractivity contribution >= 4 is 18.0 Å². The number of amidine groups is 1. The first-order chi connectivity index (χ1) is 6.77. The van der Waals surface area contributed by atoms with E-state index in [0.717, 1.165) is 0 Å². The van der Waals surface area contributed by atoms with Crippen LogP contribution in [0.15, 0.2) is 34.2 Å². The molecule has 0 fully saturated rings. The molecule has 2 rings (SSSR count). The van der Waals surface area contributed by atoms with Gasteiger partial charge in [-0.1, -0.05) is 0 Å². The molecule has 2 heterocycles. The third-order valence-electron chi connectivity index (χ3n) is 1.97. The van der Waals surface area contributed by atoms with Crippen LogP contribution in [0.4, 0.5) is 0 Å². The van der Waals surface area contributed by atoms with Crippen LogP contribution in [-0.2, 0) is 4.79 Å². The van der Waals surface area contributed by atoms with Gasteiger partial charge in [0, 0.05) is 24.6 Å². The van der Waals surface area contributed by atoms with Gasteiger partial charge in [-0.15, -0.1) is 0 Å². The van der Waals surface area contributed by atoms with Crippen molar-refractivity contribution in [2.45, 2.75) is 6.42 Å². The smallest absolute Gasteiger partial charge is 0.309 e. The molecule has 0 aromatic carbocycles. The van der Waals surface area contributed by atoms with Gasteiger partial charge in [-0.05, 0) is 6.08 Å². The number of fused-ring (bicyclic) bond motifs is 1. The van der Waals surface area contributed by atoms with E-state index in [4.69, 9.17) is 5.11 Å². The maximum atomic E-state index is 10.6. The fourth-order valence-corrected chi connectivity index (χ4v) is 1.37. The number of nitrogens with zero attached hydrogens (tertiary/aromatic N) is 3. The molecule has 0 bridgehead atoms. The lowest BCUT2D eigenvalue weighted by Gasteiger charge is -2.28. The zero-order chi connectivity index (χ0) is 9.97. The van der Waals surface area contributed by atoms with Gasteiger partial charge in [0.25, 0.3) is 0 Å². The fourth-order valence-electron chi connectivity index (χ4n) is 1.37. The second-order valence-corrected chi connectivity index (χ2v) is 2.95. The third kappa shape index (κ3) is 1.56. The van der Waals surface area contributed by atoms with E-state index >= 15 is 0 Å². The van der Waals surface area contributed by atoms with Gasteiger partial charge in [0.15, 0.2) is 5.84 Å². The summed E-state index contributed by atoms with van der Waals surface area (Å²) in [7, 11) is 0. The molecule has 0 aromatic heterocycles. The second kappa shape index (κ2) is 3.45. The Morgan fingerprint density at radius 1 is 1.64 bits per heavy atom. The number of rotatable bonds is 2. The van der Waals surface area contributed by atoms with Crippen LogP contribution < -0.4 is 0 Å². The van der Waals surface area contributed by atoms with Crippen LogP contribution in [0, 0.1) is 0 Å². The average molecular weight is 191 g/mol. The lowest BCUT2D eigenvalue weighted by Crippen LogP contribution is -2.35. The summed E-state index contributed by atoms with van der Waals surface area (Å²) in [5, 5.41) is 8.68. The summed E-state index contributed by atoms with van der Waals surface area (Å²) in [6, 6.07) is 0. The summed E-state index contributed by atoms with van der Waals surface area (Å²) in [6.45, 7) is 0.657. The number of carboxylic acid groups (broad SMARTS) is 1. The first-order valence-electron chi connectivity index (χ1n) is 4.22. The molecule has 2 aliphatic heterocycles. The summed E-state index contributed by atoms with van der Waals surface area (Å²) in [5.74, 6) is -0.159. The Hall–Kier alpha value is -1.91. The first-order valence-corrected chi connectivity index (χ1v) is 4.22. The van der Waals surface area contributed by atoms with Crippen molar-refractivity contribution in [1.82, 2.24) is 4.90 Å². The zero-order valence-corrected chi connectivity index (χ0v) is 7.42. The Bertz CT molecular complexity index is 380. The molecule has 0 radical (unpaired) electrons. The standard InChI is InChI=1S/C9H9N3O2/c13-9(14)4-7-5-10-6-8-11-2-1-3-12(7)8/h1-2,5-6H,3-4H2,(H,13,14). The van der Waals surface area contributed by atoms with Crippen LogP contribution in [0.25, 0.3) is 0 Å². The highest BCUT2D eigenvalue weighted by Gasteiger charge is 2.19. The van der Waals surface area contributed by atoms with Crippen molar-refractivity contribution in [3.05, 3.63) is 24.2 Å². The lowest BCUT2D eigenvalue weighted by molar-refractivity contribution is -0.136. The highest BCUT2D eigenvalue weighted by atomic mass is 16.4. The lowest BCUT2D eigenvalue weighted by atomic mass is 10.2. The van der Waals surface area contributed by atoms with E-state index in [9.17, 15) is 4.79 Å². The van der Waals surface area contributed by atoms with Crippen LogP contribution in [0.5, 0.6) is 0 Å². The van der Waals surface area contributed by atoms with E-state index in [1.165, 1.54) is 0 Å². The molecular weight excluding hydrogens is 182 g/mol. The van der Waals surface area contributed by atoms with E-state index < -0.39 is 5.97 Å². The van der Waals surface area contributed by atoms with Crippen LogP contribution in [0.1, 0.15) is 6.42 Å². The molecule has 5 nitrogen and oxygen atoms in total. The number of hydrogen-bond acceptors (Lipinski definition) is 4. The summed E-state index contributed by atoms with van der Waals surface area (Å²) in [5.41, 5.74) is 0.670. The molecule has 2 aliphatic rings. The molecule has 0 unspecified atom stereocenters. The van der Waals surface area contributed by atoms with Crippen molar-refractivity contribution < 1.29 is 9.90 Å². The minimum atomic E-state index is -0.859.